The normalized spacial score (nSPS) is 12.1. The number of aliphatic hydroxyl groups excluding tert-OH is 2. The number of amides is 1. The monoisotopic (exact) mass is 352 g/mol. The molecule has 0 aromatic rings. The fourth-order valence-corrected chi connectivity index (χ4v) is 1.30. The second kappa shape index (κ2) is 15.3. The van der Waals surface area contributed by atoms with E-state index in [9.17, 15) is 14.7 Å². The summed E-state index contributed by atoms with van der Waals surface area (Å²) in [6.07, 6.45) is -1.55. The van der Waals surface area contributed by atoms with Crippen molar-refractivity contribution in [2.45, 2.75) is 26.4 Å². The third-order valence-electron chi connectivity index (χ3n) is 3.00. The van der Waals surface area contributed by atoms with Crippen LogP contribution in [0, 0.1) is 5.41 Å². The van der Waals surface area contributed by atoms with Crippen LogP contribution in [0.4, 0.5) is 0 Å². The molecular formula is C15H32N2O7. The Morgan fingerprint density at radius 3 is 1.96 bits per heavy atom. The molecule has 0 aliphatic rings. The summed E-state index contributed by atoms with van der Waals surface area (Å²) in [5, 5.41) is 32.1. The number of carboxylic acids is 1. The van der Waals surface area contributed by atoms with Gasteiger partial charge in [0.2, 0.25) is 5.91 Å². The standard InChI is InChI=1S/C9H17NO5.C6H15NO2/c1-9(2,5-11)7(14)8(15)10-4-3-6(12)13;1-8-5-3-7-4-6-9-2/h7,11,14H,3-5H2,1-2H3,(H,10,15)(H,12,13);7H,3-6H2,1-2H3. The molecule has 0 saturated heterocycles. The van der Waals surface area contributed by atoms with Crippen molar-refractivity contribution < 1.29 is 34.4 Å². The van der Waals surface area contributed by atoms with Gasteiger partial charge < -0.3 is 35.4 Å². The highest BCUT2D eigenvalue weighted by molar-refractivity contribution is 5.81. The number of carbonyl (C=O) groups excluding carboxylic acids is 1. The van der Waals surface area contributed by atoms with Gasteiger partial charge in [-0.25, -0.2) is 0 Å². The number of hydrogen-bond acceptors (Lipinski definition) is 7. The van der Waals surface area contributed by atoms with Crippen LogP contribution < -0.4 is 10.6 Å². The quantitative estimate of drug-likeness (QED) is 0.277. The van der Waals surface area contributed by atoms with Gasteiger partial charge in [0.15, 0.2) is 0 Å². The molecular weight excluding hydrogens is 320 g/mol. The van der Waals surface area contributed by atoms with E-state index in [-0.39, 0.29) is 19.6 Å². The third-order valence-corrected chi connectivity index (χ3v) is 3.00. The maximum atomic E-state index is 11.3. The summed E-state index contributed by atoms with van der Waals surface area (Å²) in [6.45, 7) is 6.04. The van der Waals surface area contributed by atoms with Gasteiger partial charge in [0.1, 0.15) is 6.10 Å². The summed E-state index contributed by atoms with van der Waals surface area (Å²) in [7, 11) is 3.38. The van der Waals surface area contributed by atoms with E-state index < -0.39 is 23.4 Å². The first-order valence-electron chi connectivity index (χ1n) is 7.70. The molecule has 0 rings (SSSR count). The molecule has 0 aromatic carbocycles. The molecule has 0 radical (unpaired) electrons. The zero-order valence-electron chi connectivity index (χ0n) is 15.0. The minimum Gasteiger partial charge on any atom is -0.481 e. The van der Waals surface area contributed by atoms with E-state index in [2.05, 4.69) is 10.6 Å². The van der Waals surface area contributed by atoms with Crippen molar-refractivity contribution in [2.24, 2.45) is 5.41 Å². The van der Waals surface area contributed by atoms with Crippen molar-refractivity contribution in [3.63, 3.8) is 0 Å². The fraction of sp³-hybridized carbons (Fsp3) is 0.867. The first kappa shape index (κ1) is 25.0. The molecule has 1 atom stereocenters. The molecule has 1 amide bonds. The van der Waals surface area contributed by atoms with Gasteiger partial charge in [0, 0.05) is 39.3 Å². The Labute approximate surface area is 143 Å². The molecule has 5 N–H and O–H groups in total. The predicted molar refractivity (Wildman–Crippen MR) is 88.8 cm³/mol. The van der Waals surface area contributed by atoms with Crippen molar-refractivity contribution in [1.29, 1.82) is 0 Å². The molecule has 0 fully saturated rings. The Bertz CT molecular complexity index is 332. The van der Waals surface area contributed by atoms with Crippen LogP contribution >= 0.6 is 0 Å². The zero-order valence-corrected chi connectivity index (χ0v) is 15.0. The molecule has 0 spiro atoms. The molecule has 0 aliphatic heterocycles. The van der Waals surface area contributed by atoms with Crippen LogP contribution in [0.1, 0.15) is 20.3 Å². The van der Waals surface area contributed by atoms with E-state index in [4.69, 9.17) is 19.7 Å². The van der Waals surface area contributed by atoms with Gasteiger partial charge >= 0.3 is 5.97 Å². The van der Waals surface area contributed by atoms with Crippen molar-refractivity contribution in [3.05, 3.63) is 0 Å². The third kappa shape index (κ3) is 14.3. The second-order valence-corrected chi connectivity index (χ2v) is 5.72. The Morgan fingerprint density at radius 1 is 1.08 bits per heavy atom. The molecule has 0 saturated carbocycles. The summed E-state index contributed by atoms with van der Waals surface area (Å²) in [5.74, 6) is -1.69. The van der Waals surface area contributed by atoms with Crippen molar-refractivity contribution >= 4 is 11.9 Å². The summed E-state index contributed by atoms with van der Waals surface area (Å²) in [4.78, 5) is 21.4. The van der Waals surface area contributed by atoms with Crippen LogP contribution in [-0.2, 0) is 19.1 Å². The van der Waals surface area contributed by atoms with E-state index in [1.165, 1.54) is 13.8 Å². The average molecular weight is 352 g/mol. The maximum absolute atomic E-state index is 11.3. The number of rotatable bonds is 12. The molecule has 0 bridgehead atoms. The zero-order chi connectivity index (χ0) is 19.0. The lowest BCUT2D eigenvalue weighted by molar-refractivity contribution is -0.138. The van der Waals surface area contributed by atoms with Crippen LogP contribution in [0.3, 0.4) is 0 Å². The number of hydrogen-bond donors (Lipinski definition) is 5. The van der Waals surface area contributed by atoms with Gasteiger partial charge in [-0.1, -0.05) is 13.8 Å². The Hall–Kier alpha value is -1.26. The molecule has 144 valence electrons. The highest BCUT2D eigenvalue weighted by Crippen LogP contribution is 2.19. The summed E-state index contributed by atoms with van der Waals surface area (Å²) in [6, 6.07) is 0. The van der Waals surface area contributed by atoms with Gasteiger partial charge in [-0.2, -0.15) is 0 Å². The summed E-state index contributed by atoms with van der Waals surface area (Å²) >= 11 is 0. The lowest BCUT2D eigenvalue weighted by Gasteiger charge is -2.26. The SMILES string of the molecule is CC(C)(CO)C(O)C(=O)NCCC(=O)O.COCCNCCOC. The van der Waals surface area contributed by atoms with Crippen molar-refractivity contribution in [1.82, 2.24) is 10.6 Å². The topological polar surface area (TPSA) is 137 Å². The van der Waals surface area contributed by atoms with E-state index in [1.807, 2.05) is 0 Å². The molecule has 9 nitrogen and oxygen atoms in total. The fourth-order valence-electron chi connectivity index (χ4n) is 1.30. The largest absolute Gasteiger partial charge is 0.481 e. The molecule has 0 heterocycles. The van der Waals surface area contributed by atoms with Crippen LogP contribution in [0.25, 0.3) is 0 Å². The predicted octanol–water partition coefficient (Wildman–Crippen LogP) is -1.17. The average Bonchev–Trinajstić information content (AvgIpc) is 2.54. The van der Waals surface area contributed by atoms with Crippen molar-refractivity contribution in [3.8, 4) is 0 Å². The van der Waals surface area contributed by atoms with Crippen molar-refractivity contribution in [2.75, 3.05) is 53.7 Å². The number of methoxy groups -OCH3 is 2. The summed E-state index contributed by atoms with van der Waals surface area (Å²) in [5.41, 5.74) is -0.937. The van der Waals surface area contributed by atoms with Crippen LogP contribution in [-0.4, -0.2) is 87.0 Å². The first-order valence-corrected chi connectivity index (χ1v) is 7.70. The van der Waals surface area contributed by atoms with E-state index >= 15 is 0 Å². The number of carboxylic acid groups (broad SMARTS) is 1. The Morgan fingerprint density at radius 2 is 1.58 bits per heavy atom. The number of aliphatic hydroxyl groups is 2. The van der Waals surface area contributed by atoms with E-state index in [0.717, 1.165) is 26.3 Å². The van der Waals surface area contributed by atoms with Gasteiger partial charge in [-0.3, -0.25) is 9.59 Å². The van der Waals surface area contributed by atoms with Gasteiger partial charge in [0.25, 0.3) is 0 Å². The minimum atomic E-state index is -1.35. The first-order chi connectivity index (χ1) is 11.2. The lowest BCUT2D eigenvalue weighted by Crippen LogP contribution is -2.45. The Kier molecular flexibility index (Phi) is 15.9. The van der Waals surface area contributed by atoms with E-state index in [1.54, 1.807) is 14.2 Å². The number of carbonyl (C=O) groups is 2. The Balaban J connectivity index is 0. The van der Waals surface area contributed by atoms with E-state index in [0.29, 0.717) is 0 Å². The number of ether oxygens (including phenoxy) is 2. The summed E-state index contributed by atoms with van der Waals surface area (Å²) < 4.78 is 9.64. The van der Waals surface area contributed by atoms with Gasteiger partial charge in [-0.15, -0.1) is 0 Å². The smallest absolute Gasteiger partial charge is 0.305 e. The minimum absolute atomic E-state index is 0.0350. The van der Waals surface area contributed by atoms with Gasteiger partial charge in [-0.05, 0) is 0 Å². The molecule has 0 aliphatic carbocycles. The lowest BCUT2D eigenvalue weighted by atomic mass is 9.87. The molecule has 1 unspecified atom stereocenters. The maximum Gasteiger partial charge on any atom is 0.305 e. The highest BCUT2D eigenvalue weighted by atomic mass is 16.5. The molecule has 9 heteroatoms. The van der Waals surface area contributed by atoms with Gasteiger partial charge in [0.05, 0.1) is 26.2 Å². The molecule has 0 aromatic heterocycles. The van der Waals surface area contributed by atoms with Crippen LogP contribution in [0.2, 0.25) is 0 Å². The second-order valence-electron chi connectivity index (χ2n) is 5.72. The molecule has 24 heavy (non-hydrogen) atoms. The number of nitrogens with one attached hydrogen (secondary N) is 2. The highest BCUT2D eigenvalue weighted by Gasteiger charge is 2.32. The number of aliphatic carboxylic acids is 1. The van der Waals surface area contributed by atoms with Crippen LogP contribution in [0.5, 0.6) is 0 Å². The van der Waals surface area contributed by atoms with Crippen LogP contribution in [0.15, 0.2) is 0 Å².